The lowest BCUT2D eigenvalue weighted by molar-refractivity contribution is -0.128. The number of likely N-dealkylation sites (tertiary alicyclic amines) is 1. The average Bonchev–Trinajstić information content (AvgIpc) is 3.19. The fourth-order valence-electron chi connectivity index (χ4n) is 3.55. The molecule has 1 unspecified atom stereocenters. The number of benzene rings is 2. The van der Waals surface area contributed by atoms with Crippen molar-refractivity contribution in [3.63, 3.8) is 0 Å². The zero-order chi connectivity index (χ0) is 22.1. The van der Waals surface area contributed by atoms with Crippen molar-refractivity contribution in [3.8, 4) is 11.5 Å². The first-order chi connectivity index (χ1) is 15.1. The van der Waals surface area contributed by atoms with Crippen molar-refractivity contribution >= 4 is 11.9 Å². The fourth-order valence-corrected chi connectivity index (χ4v) is 3.55. The number of hydrogen-bond donors (Lipinski definition) is 2. The third kappa shape index (κ3) is 6.64. The Hall–Kier alpha value is -3.22. The molecule has 166 valence electrons. The van der Waals surface area contributed by atoms with Gasteiger partial charge in [0.05, 0.1) is 13.7 Å². The van der Waals surface area contributed by atoms with Gasteiger partial charge >= 0.3 is 0 Å². The molecule has 0 bridgehead atoms. The van der Waals surface area contributed by atoms with Crippen molar-refractivity contribution in [1.82, 2.24) is 15.5 Å². The van der Waals surface area contributed by atoms with Gasteiger partial charge in [0.25, 0.3) is 0 Å². The molecular weight excluding hydrogens is 392 g/mol. The van der Waals surface area contributed by atoms with Gasteiger partial charge in [-0.05, 0) is 36.6 Å². The summed E-state index contributed by atoms with van der Waals surface area (Å²) in [4.78, 5) is 18.2. The highest BCUT2D eigenvalue weighted by atomic mass is 16.5. The second-order valence-electron chi connectivity index (χ2n) is 7.60. The van der Waals surface area contributed by atoms with Gasteiger partial charge in [-0.3, -0.25) is 9.79 Å². The van der Waals surface area contributed by atoms with Crippen LogP contribution in [0, 0.1) is 0 Å². The third-order valence-corrected chi connectivity index (χ3v) is 5.26. The van der Waals surface area contributed by atoms with E-state index in [9.17, 15) is 4.79 Å². The molecule has 1 aliphatic rings. The Bertz CT molecular complexity index is 900. The Morgan fingerprint density at radius 1 is 1.13 bits per heavy atom. The third-order valence-electron chi connectivity index (χ3n) is 5.26. The molecule has 1 aliphatic heterocycles. The van der Waals surface area contributed by atoms with Gasteiger partial charge in [0.1, 0.15) is 17.6 Å². The second-order valence-corrected chi connectivity index (χ2v) is 7.60. The van der Waals surface area contributed by atoms with E-state index < -0.39 is 0 Å². The van der Waals surface area contributed by atoms with Gasteiger partial charge < -0.3 is 25.0 Å². The van der Waals surface area contributed by atoms with E-state index in [-0.39, 0.29) is 12.0 Å². The Morgan fingerprint density at radius 2 is 1.90 bits per heavy atom. The number of amides is 1. The number of nitrogens with zero attached hydrogens (tertiary/aromatic N) is 2. The lowest BCUT2D eigenvalue weighted by Crippen LogP contribution is -2.41. The summed E-state index contributed by atoms with van der Waals surface area (Å²) in [7, 11) is 3.39. The zero-order valence-electron chi connectivity index (χ0n) is 18.6. The van der Waals surface area contributed by atoms with Crippen molar-refractivity contribution in [2.75, 3.05) is 27.2 Å². The van der Waals surface area contributed by atoms with Crippen molar-refractivity contribution < 1.29 is 14.3 Å². The van der Waals surface area contributed by atoms with E-state index in [1.54, 1.807) is 14.2 Å². The summed E-state index contributed by atoms with van der Waals surface area (Å²) < 4.78 is 11.2. The largest absolute Gasteiger partial charge is 0.497 e. The molecule has 3 rings (SSSR count). The standard InChI is InChI=1S/C24H32N4O3/c1-18(31-22-11-6-10-21(14-22)30-3)15-26-24(25-2)27-16-19-8-4-5-9-20(19)17-28-13-7-12-23(28)29/h4-6,8-11,14,18H,7,12-13,15-17H2,1-3H3,(H2,25,26,27). The molecule has 2 N–H and O–H groups in total. The first kappa shape index (κ1) is 22.5. The molecule has 0 aliphatic carbocycles. The van der Waals surface area contributed by atoms with Gasteiger partial charge in [-0.15, -0.1) is 0 Å². The molecule has 0 aromatic heterocycles. The smallest absolute Gasteiger partial charge is 0.222 e. The van der Waals surface area contributed by atoms with E-state index in [1.807, 2.05) is 48.2 Å². The van der Waals surface area contributed by atoms with Gasteiger partial charge in [0.2, 0.25) is 5.91 Å². The van der Waals surface area contributed by atoms with Gasteiger partial charge in [-0.25, -0.2) is 0 Å². The topological polar surface area (TPSA) is 75.2 Å². The molecule has 0 saturated carbocycles. The SMILES string of the molecule is CN=C(NCc1ccccc1CN1CCCC1=O)NCC(C)Oc1cccc(OC)c1. The molecule has 7 nitrogen and oxygen atoms in total. The van der Waals surface area contributed by atoms with Gasteiger partial charge in [0.15, 0.2) is 5.96 Å². The number of ether oxygens (including phenoxy) is 2. The molecule has 31 heavy (non-hydrogen) atoms. The minimum atomic E-state index is -0.0564. The van der Waals surface area contributed by atoms with Crippen LogP contribution in [-0.2, 0) is 17.9 Å². The lowest BCUT2D eigenvalue weighted by atomic mass is 10.1. The van der Waals surface area contributed by atoms with Crippen LogP contribution in [0.5, 0.6) is 11.5 Å². The fraction of sp³-hybridized carbons (Fsp3) is 0.417. The molecule has 2 aromatic rings. The monoisotopic (exact) mass is 424 g/mol. The Morgan fingerprint density at radius 3 is 2.61 bits per heavy atom. The van der Waals surface area contributed by atoms with Crippen LogP contribution < -0.4 is 20.1 Å². The molecule has 1 fully saturated rings. The number of carbonyl (C=O) groups is 1. The maximum absolute atomic E-state index is 12.0. The molecule has 2 aromatic carbocycles. The van der Waals surface area contributed by atoms with Crippen LogP contribution in [0.25, 0.3) is 0 Å². The number of guanidine groups is 1. The summed E-state index contributed by atoms with van der Waals surface area (Å²) in [5.41, 5.74) is 2.32. The molecular formula is C24H32N4O3. The minimum Gasteiger partial charge on any atom is -0.497 e. The molecule has 1 atom stereocenters. The molecule has 1 heterocycles. The van der Waals surface area contributed by atoms with Crippen molar-refractivity contribution in [3.05, 3.63) is 59.7 Å². The van der Waals surface area contributed by atoms with Crippen LogP contribution in [0.4, 0.5) is 0 Å². The number of aliphatic imine (C=N–C) groups is 1. The average molecular weight is 425 g/mol. The van der Waals surface area contributed by atoms with Crippen LogP contribution in [-0.4, -0.2) is 50.1 Å². The van der Waals surface area contributed by atoms with Crippen LogP contribution in [0.1, 0.15) is 30.9 Å². The maximum atomic E-state index is 12.0. The Balaban J connectivity index is 1.50. The predicted molar refractivity (Wildman–Crippen MR) is 122 cm³/mol. The number of nitrogens with one attached hydrogen (secondary N) is 2. The second kappa shape index (κ2) is 11.2. The summed E-state index contributed by atoms with van der Waals surface area (Å²) in [5, 5.41) is 6.67. The van der Waals surface area contributed by atoms with Gasteiger partial charge in [-0.1, -0.05) is 30.3 Å². The normalized spacial score (nSPS) is 15.0. The maximum Gasteiger partial charge on any atom is 0.222 e. The number of rotatable bonds is 9. The van der Waals surface area contributed by atoms with E-state index in [0.717, 1.165) is 35.6 Å². The molecule has 0 spiro atoms. The molecule has 7 heteroatoms. The van der Waals surface area contributed by atoms with E-state index in [2.05, 4.69) is 27.8 Å². The number of hydrogen-bond acceptors (Lipinski definition) is 4. The highest BCUT2D eigenvalue weighted by molar-refractivity contribution is 5.79. The highest BCUT2D eigenvalue weighted by Crippen LogP contribution is 2.20. The predicted octanol–water partition coefficient (Wildman–Crippen LogP) is 2.95. The lowest BCUT2D eigenvalue weighted by Gasteiger charge is -2.20. The van der Waals surface area contributed by atoms with E-state index >= 15 is 0 Å². The van der Waals surface area contributed by atoms with Gasteiger partial charge in [0, 0.05) is 39.2 Å². The van der Waals surface area contributed by atoms with E-state index in [4.69, 9.17) is 9.47 Å². The van der Waals surface area contributed by atoms with Crippen LogP contribution in [0.2, 0.25) is 0 Å². The molecule has 0 radical (unpaired) electrons. The molecule has 1 amide bonds. The summed E-state index contributed by atoms with van der Waals surface area (Å²) in [6.07, 6.45) is 1.55. The van der Waals surface area contributed by atoms with Gasteiger partial charge in [-0.2, -0.15) is 0 Å². The molecule has 1 saturated heterocycles. The van der Waals surface area contributed by atoms with Crippen LogP contribution >= 0.6 is 0 Å². The van der Waals surface area contributed by atoms with Crippen molar-refractivity contribution in [2.45, 2.75) is 39.0 Å². The summed E-state index contributed by atoms with van der Waals surface area (Å²) >= 11 is 0. The minimum absolute atomic E-state index is 0.0564. The summed E-state index contributed by atoms with van der Waals surface area (Å²) in [5.74, 6) is 2.48. The highest BCUT2D eigenvalue weighted by Gasteiger charge is 2.20. The number of methoxy groups -OCH3 is 1. The van der Waals surface area contributed by atoms with Crippen molar-refractivity contribution in [1.29, 1.82) is 0 Å². The van der Waals surface area contributed by atoms with Crippen LogP contribution in [0.3, 0.4) is 0 Å². The summed E-state index contributed by atoms with van der Waals surface area (Å²) in [6.45, 7) is 4.73. The first-order valence-corrected chi connectivity index (χ1v) is 10.7. The van der Waals surface area contributed by atoms with E-state index in [1.165, 1.54) is 0 Å². The Kier molecular flexibility index (Phi) is 8.15. The number of carbonyl (C=O) groups excluding carboxylic acids is 1. The van der Waals surface area contributed by atoms with E-state index in [0.29, 0.717) is 32.0 Å². The summed E-state index contributed by atoms with van der Waals surface area (Å²) in [6, 6.07) is 15.8. The van der Waals surface area contributed by atoms with Crippen molar-refractivity contribution in [2.24, 2.45) is 4.99 Å². The zero-order valence-corrected chi connectivity index (χ0v) is 18.6. The quantitative estimate of drug-likeness (QED) is 0.478. The van der Waals surface area contributed by atoms with Crippen LogP contribution in [0.15, 0.2) is 53.5 Å². The first-order valence-electron chi connectivity index (χ1n) is 10.7. The Labute approximate surface area is 184 Å².